The summed E-state index contributed by atoms with van der Waals surface area (Å²) < 4.78 is 16.2. The van der Waals surface area contributed by atoms with Gasteiger partial charge >= 0.3 is 0 Å². The number of rotatable bonds is 3. The SMILES string of the molecule is CCn1cnnc1C1CCCN(c2c(C#N)cnc3c(C)cc(F)cc23)C1. The van der Waals surface area contributed by atoms with Crippen molar-refractivity contribution in [2.75, 3.05) is 18.0 Å². The predicted octanol–water partition coefficient (Wildman–Crippen LogP) is 3.55. The number of hydrogen-bond acceptors (Lipinski definition) is 5. The van der Waals surface area contributed by atoms with Gasteiger partial charge in [-0.1, -0.05) is 0 Å². The number of piperidine rings is 1. The molecule has 0 aliphatic carbocycles. The maximum absolute atomic E-state index is 14.1. The summed E-state index contributed by atoms with van der Waals surface area (Å²) in [6.07, 6.45) is 5.36. The third-order valence-corrected chi connectivity index (χ3v) is 5.31. The van der Waals surface area contributed by atoms with Gasteiger partial charge in [0.25, 0.3) is 0 Å². The van der Waals surface area contributed by atoms with Gasteiger partial charge in [-0.25, -0.2) is 4.39 Å². The van der Waals surface area contributed by atoms with Gasteiger partial charge in [0.05, 0.1) is 16.8 Å². The second-order valence-electron chi connectivity index (χ2n) is 7.01. The van der Waals surface area contributed by atoms with Gasteiger partial charge in [0.1, 0.15) is 24.0 Å². The van der Waals surface area contributed by atoms with Crippen molar-refractivity contribution in [1.29, 1.82) is 5.26 Å². The summed E-state index contributed by atoms with van der Waals surface area (Å²) in [7, 11) is 0. The first-order chi connectivity index (χ1) is 13.1. The molecule has 138 valence electrons. The van der Waals surface area contributed by atoms with Crippen molar-refractivity contribution in [2.45, 2.75) is 39.2 Å². The second-order valence-corrected chi connectivity index (χ2v) is 7.01. The van der Waals surface area contributed by atoms with Gasteiger partial charge in [0, 0.05) is 37.1 Å². The summed E-state index contributed by atoms with van der Waals surface area (Å²) in [6.45, 7) is 6.28. The zero-order valence-corrected chi connectivity index (χ0v) is 15.5. The van der Waals surface area contributed by atoms with E-state index in [0.29, 0.717) is 10.9 Å². The van der Waals surface area contributed by atoms with Crippen molar-refractivity contribution < 1.29 is 4.39 Å². The molecule has 0 amide bonds. The molecule has 0 spiro atoms. The molecule has 1 aliphatic rings. The third-order valence-electron chi connectivity index (χ3n) is 5.31. The molecule has 7 heteroatoms. The van der Waals surface area contributed by atoms with Crippen LogP contribution >= 0.6 is 0 Å². The highest BCUT2D eigenvalue weighted by Crippen LogP contribution is 2.36. The van der Waals surface area contributed by atoms with Crippen LogP contribution in [0, 0.1) is 24.1 Å². The van der Waals surface area contributed by atoms with E-state index < -0.39 is 0 Å². The fourth-order valence-corrected chi connectivity index (χ4v) is 4.06. The molecule has 27 heavy (non-hydrogen) atoms. The lowest BCUT2D eigenvalue weighted by molar-refractivity contribution is 0.473. The largest absolute Gasteiger partial charge is 0.369 e. The van der Waals surface area contributed by atoms with E-state index in [-0.39, 0.29) is 11.7 Å². The van der Waals surface area contributed by atoms with E-state index in [4.69, 9.17) is 0 Å². The van der Waals surface area contributed by atoms with Gasteiger partial charge in [0.15, 0.2) is 0 Å². The lowest BCUT2D eigenvalue weighted by Gasteiger charge is -2.35. The number of aryl methyl sites for hydroxylation is 2. The third kappa shape index (κ3) is 3.01. The Morgan fingerprint density at radius 1 is 1.37 bits per heavy atom. The molecule has 0 bridgehead atoms. The van der Waals surface area contributed by atoms with E-state index in [2.05, 4.69) is 37.6 Å². The first-order valence-corrected chi connectivity index (χ1v) is 9.24. The number of hydrogen-bond donors (Lipinski definition) is 0. The molecule has 1 unspecified atom stereocenters. The minimum Gasteiger partial charge on any atom is -0.369 e. The minimum absolute atomic E-state index is 0.227. The molecule has 3 heterocycles. The molecule has 0 saturated carbocycles. The fraction of sp³-hybridized carbons (Fsp3) is 0.400. The van der Waals surface area contributed by atoms with E-state index in [9.17, 15) is 9.65 Å². The number of nitriles is 1. The summed E-state index contributed by atoms with van der Waals surface area (Å²) in [5.41, 5.74) is 2.77. The molecule has 3 aromatic rings. The van der Waals surface area contributed by atoms with Crippen LogP contribution in [0.2, 0.25) is 0 Å². The average molecular weight is 364 g/mol. The van der Waals surface area contributed by atoms with E-state index >= 15 is 0 Å². The Balaban J connectivity index is 1.80. The topological polar surface area (TPSA) is 70.6 Å². The van der Waals surface area contributed by atoms with Gasteiger partial charge in [0.2, 0.25) is 0 Å². The van der Waals surface area contributed by atoms with Crippen LogP contribution in [-0.4, -0.2) is 32.8 Å². The summed E-state index contributed by atoms with van der Waals surface area (Å²) in [6, 6.07) is 5.21. The summed E-state index contributed by atoms with van der Waals surface area (Å²) in [5, 5.41) is 18.7. The predicted molar refractivity (Wildman–Crippen MR) is 101 cm³/mol. The van der Waals surface area contributed by atoms with E-state index in [0.717, 1.165) is 55.1 Å². The first kappa shape index (κ1) is 17.4. The number of benzene rings is 1. The maximum atomic E-state index is 14.1. The molecule has 1 aliphatic heterocycles. The van der Waals surface area contributed by atoms with Crippen LogP contribution < -0.4 is 4.90 Å². The first-order valence-electron chi connectivity index (χ1n) is 9.24. The molecule has 4 rings (SSSR count). The molecule has 6 nitrogen and oxygen atoms in total. The van der Waals surface area contributed by atoms with E-state index in [1.165, 1.54) is 12.1 Å². The van der Waals surface area contributed by atoms with Gasteiger partial charge in [-0.15, -0.1) is 10.2 Å². The van der Waals surface area contributed by atoms with Crippen LogP contribution in [0.25, 0.3) is 10.9 Å². The molecule has 2 aromatic heterocycles. The van der Waals surface area contributed by atoms with Gasteiger partial charge in [-0.3, -0.25) is 4.98 Å². The Hall–Kier alpha value is -3.01. The molecular formula is C20H21FN6. The number of fused-ring (bicyclic) bond motifs is 1. The molecule has 1 saturated heterocycles. The quantitative estimate of drug-likeness (QED) is 0.711. The number of anilines is 1. The molecule has 0 N–H and O–H groups in total. The monoisotopic (exact) mass is 364 g/mol. The fourth-order valence-electron chi connectivity index (χ4n) is 4.06. The molecule has 1 aromatic carbocycles. The van der Waals surface area contributed by atoms with Crippen LogP contribution in [0.4, 0.5) is 10.1 Å². The minimum atomic E-state index is -0.308. The average Bonchev–Trinajstić information content (AvgIpc) is 3.16. The molecule has 1 fully saturated rings. The number of aromatic nitrogens is 4. The lowest BCUT2D eigenvalue weighted by atomic mass is 9.95. The van der Waals surface area contributed by atoms with Crippen molar-refractivity contribution in [3.8, 4) is 6.07 Å². The van der Waals surface area contributed by atoms with E-state index in [1.54, 1.807) is 12.5 Å². The van der Waals surface area contributed by atoms with Gasteiger partial charge < -0.3 is 9.47 Å². The normalized spacial score (nSPS) is 17.3. The summed E-state index contributed by atoms with van der Waals surface area (Å²) >= 11 is 0. The Labute approximate surface area is 157 Å². The van der Waals surface area contributed by atoms with Crippen molar-refractivity contribution in [2.24, 2.45) is 0 Å². The molecule has 0 radical (unpaired) electrons. The number of nitrogens with zero attached hydrogens (tertiary/aromatic N) is 6. The van der Waals surface area contributed by atoms with Crippen molar-refractivity contribution in [1.82, 2.24) is 19.7 Å². The maximum Gasteiger partial charge on any atom is 0.137 e. The van der Waals surface area contributed by atoms with Crippen molar-refractivity contribution >= 4 is 16.6 Å². The second kappa shape index (κ2) is 6.95. The standard InChI is InChI=1S/C20H21FN6/c1-3-26-12-24-25-20(26)14-5-4-6-27(11-14)19-15(9-22)10-23-18-13(2)7-16(21)8-17(18)19/h7-8,10,12,14H,3-6,11H2,1-2H3. The van der Waals surface area contributed by atoms with Crippen LogP contribution in [0.3, 0.4) is 0 Å². The van der Waals surface area contributed by atoms with Gasteiger partial charge in [-0.2, -0.15) is 5.26 Å². The van der Waals surface area contributed by atoms with Crippen LogP contribution in [-0.2, 0) is 6.54 Å². The van der Waals surface area contributed by atoms with Crippen molar-refractivity contribution in [3.05, 3.63) is 47.4 Å². The Kier molecular flexibility index (Phi) is 4.48. The smallest absolute Gasteiger partial charge is 0.137 e. The zero-order chi connectivity index (χ0) is 19.0. The Morgan fingerprint density at radius 3 is 3.00 bits per heavy atom. The Morgan fingerprint density at radius 2 is 2.22 bits per heavy atom. The van der Waals surface area contributed by atoms with Crippen LogP contribution in [0.5, 0.6) is 0 Å². The molecular weight excluding hydrogens is 343 g/mol. The lowest BCUT2D eigenvalue weighted by Crippen LogP contribution is -2.36. The van der Waals surface area contributed by atoms with E-state index in [1.807, 2.05) is 6.92 Å². The number of halogens is 1. The Bertz CT molecular complexity index is 1030. The van der Waals surface area contributed by atoms with Crippen LogP contribution in [0.1, 0.15) is 42.6 Å². The number of pyridine rings is 1. The highest BCUT2D eigenvalue weighted by Gasteiger charge is 2.28. The van der Waals surface area contributed by atoms with Crippen molar-refractivity contribution in [3.63, 3.8) is 0 Å². The molecule has 1 atom stereocenters. The zero-order valence-electron chi connectivity index (χ0n) is 15.5. The highest BCUT2D eigenvalue weighted by molar-refractivity contribution is 5.96. The van der Waals surface area contributed by atoms with Gasteiger partial charge in [-0.05, 0) is 44.4 Å². The van der Waals surface area contributed by atoms with Crippen LogP contribution in [0.15, 0.2) is 24.7 Å². The highest BCUT2D eigenvalue weighted by atomic mass is 19.1. The summed E-state index contributed by atoms with van der Waals surface area (Å²) in [5.74, 6) is 0.893. The summed E-state index contributed by atoms with van der Waals surface area (Å²) in [4.78, 5) is 6.59.